The topological polar surface area (TPSA) is 60.0 Å². The van der Waals surface area contributed by atoms with Crippen molar-refractivity contribution in [3.05, 3.63) is 29.8 Å². The van der Waals surface area contributed by atoms with Crippen LogP contribution < -0.4 is 15.5 Å². The van der Waals surface area contributed by atoms with Crippen LogP contribution >= 0.6 is 11.8 Å². The number of amides is 1. The Morgan fingerprint density at radius 3 is 2.52 bits per heavy atom. The molecular formula is C24H37N5OS. The predicted octanol–water partition coefficient (Wildman–Crippen LogP) is 3.09. The molecule has 0 aromatic heterocycles. The highest BCUT2D eigenvalue weighted by Crippen LogP contribution is 2.27. The number of rotatable bonds is 5. The number of benzene rings is 1. The Hall–Kier alpha value is -1.89. The van der Waals surface area contributed by atoms with Gasteiger partial charge in [-0.1, -0.05) is 31.4 Å². The predicted molar refractivity (Wildman–Crippen MR) is 131 cm³/mol. The summed E-state index contributed by atoms with van der Waals surface area (Å²) in [4.78, 5) is 21.7. The van der Waals surface area contributed by atoms with E-state index in [9.17, 15) is 4.79 Å². The molecule has 1 saturated carbocycles. The number of hydrogen-bond donors (Lipinski definition) is 2. The van der Waals surface area contributed by atoms with Crippen LogP contribution in [0.25, 0.3) is 0 Å². The molecule has 6 nitrogen and oxygen atoms in total. The van der Waals surface area contributed by atoms with Gasteiger partial charge >= 0.3 is 0 Å². The summed E-state index contributed by atoms with van der Waals surface area (Å²) >= 11 is 2.04. The molecule has 1 amide bonds. The average Bonchev–Trinajstić information content (AvgIpc) is 3.31. The second-order valence-corrected chi connectivity index (χ2v) is 10.2. The van der Waals surface area contributed by atoms with Gasteiger partial charge in [0, 0.05) is 68.9 Å². The van der Waals surface area contributed by atoms with Gasteiger partial charge in [-0.2, -0.15) is 11.8 Å². The number of thioether (sulfide) groups is 1. The fourth-order valence-electron chi connectivity index (χ4n) is 4.91. The van der Waals surface area contributed by atoms with Gasteiger partial charge < -0.3 is 20.4 Å². The van der Waals surface area contributed by atoms with E-state index in [4.69, 9.17) is 0 Å². The van der Waals surface area contributed by atoms with E-state index >= 15 is 0 Å². The maximum Gasteiger partial charge on any atom is 0.225 e. The first kappa shape index (κ1) is 22.3. The van der Waals surface area contributed by atoms with Gasteiger partial charge in [-0.05, 0) is 37.0 Å². The molecule has 1 atom stereocenters. The number of anilines is 1. The SMILES string of the molecule is CN=C(NCc1ccc(N2CCSCC2)cc1)NC1CCN(C(=O)C2CCCCC2)C1. The lowest BCUT2D eigenvalue weighted by Crippen LogP contribution is -2.45. The molecule has 3 aliphatic rings. The van der Waals surface area contributed by atoms with Gasteiger partial charge in [0.25, 0.3) is 0 Å². The first-order valence-corrected chi connectivity index (χ1v) is 13.1. The summed E-state index contributed by atoms with van der Waals surface area (Å²) in [5.74, 6) is 3.89. The van der Waals surface area contributed by atoms with E-state index in [1.807, 2.05) is 18.8 Å². The van der Waals surface area contributed by atoms with Crippen molar-refractivity contribution in [2.24, 2.45) is 10.9 Å². The summed E-state index contributed by atoms with van der Waals surface area (Å²) in [5, 5.41) is 6.96. The molecule has 170 valence electrons. The molecule has 0 spiro atoms. The van der Waals surface area contributed by atoms with E-state index in [2.05, 4.69) is 49.7 Å². The van der Waals surface area contributed by atoms with Crippen molar-refractivity contribution in [3.8, 4) is 0 Å². The molecule has 2 saturated heterocycles. The molecule has 2 N–H and O–H groups in total. The number of nitrogens with one attached hydrogen (secondary N) is 2. The fourth-order valence-corrected chi connectivity index (χ4v) is 5.81. The average molecular weight is 444 g/mol. The normalized spacial score (nSPS) is 23.1. The highest BCUT2D eigenvalue weighted by molar-refractivity contribution is 7.99. The molecule has 1 aromatic carbocycles. The molecule has 2 aliphatic heterocycles. The molecule has 2 heterocycles. The highest BCUT2D eigenvalue weighted by Gasteiger charge is 2.31. The molecule has 1 aromatic rings. The summed E-state index contributed by atoms with van der Waals surface area (Å²) in [6, 6.07) is 9.15. The number of aliphatic imine (C=N–C) groups is 1. The quantitative estimate of drug-likeness (QED) is 0.541. The minimum Gasteiger partial charge on any atom is -0.370 e. The van der Waals surface area contributed by atoms with Gasteiger partial charge in [0.05, 0.1) is 0 Å². The molecule has 3 fully saturated rings. The number of hydrogen-bond acceptors (Lipinski definition) is 4. The molecule has 0 bridgehead atoms. The van der Waals surface area contributed by atoms with Gasteiger partial charge in [-0.25, -0.2) is 0 Å². The van der Waals surface area contributed by atoms with Crippen LogP contribution in [0.5, 0.6) is 0 Å². The molecule has 4 rings (SSSR count). The number of carbonyl (C=O) groups excluding carboxylic acids is 1. The van der Waals surface area contributed by atoms with Crippen LogP contribution in [0.2, 0.25) is 0 Å². The third kappa shape index (κ3) is 6.09. The summed E-state index contributed by atoms with van der Waals surface area (Å²) in [6.45, 7) is 4.67. The van der Waals surface area contributed by atoms with Gasteiger partial charge in [0.1, 0.15) is 0 Å². The van der Waals surface area contributed by atoms with Crippen LogP contribution in [0.3, 0.4) is 0 Å². The molecule has 0 radical (unpaired) electrons. The second-order valence-electron chi connectivity index (χ2n) is 8.94. The lowest BCUT2D eigenvalue weighted by molar-refractivity contribution is -0.135. The van der Waals surface area contributed by atoms with Gasteiger partial charge in [0.2, 0.25) is 5.91 Å². The van der Waals surface area contributed by atoms with E-state index in [1.54, 1.807) is 0 Å². The number of likely N-dealkylation sites (tertiary alicyclic amines) is 1. The fraction of sp³-hybridized carbons (Fsp3) is 0.667. The zero-order chi connectivity index (χ0) is 21.5. The van der Waals surface area contributed by atoms with Crippen molar-refractivity contribution in [1.29, 1.82) is 0 Å². The number of carbonyl (C=O) groups is 1. The monoisotopic (exact) mass is 443 g/mol. The van der Waals surface area contributed by atoms with Crippen LogP contribution in [-0.2, 0) is 11.3 Å². The van der Waals surface area contributed by atoms with Crippen LogP contribution in [0, 0.1) is 5.92 Å². The molecule has 7 heteroatoms. The second kappa shape index (κ2) is 11.1. The summed E-state index contributed by atoms with van der Waals surface area (Å²) < 4.78 is 0. The Morgan fingerprint density at radius 2 is 1.81 bits per heavy atom. The Balaban J connectivity index is 1.22. The lowest BCUT2D eigenvalue weighted by Gasteiger charge is -2.28. The highest BCUT2D eigenvalue weighted by atomic mass is 32.2. The van der Waals surface area contributed by atoms with Gasteiger partial charge in [0.15, 0.2) is 5.96 Å². The molecule has 31 heavy (non-hydrogen) atoms. The largest absolute Gasteiger partial charge is 0.370 e. The minimum atomic E-state index is 0.261. The number of guanidine groups is 1. The van der Waals surface area contributed by atoms with E-state index in [0.717, 1.165) is 57.9 Å². The first-order chi connectivity index (χ1) is 15.2. The Kier molecular flexibility index (Phi) is 8.00. The lowest BCUT2D eigenvalue weighted by atomic mass is 9.88. The van der Waals surface area contributed by atoms with Gasteiger partial charge in [-0.3, -0.25) is 9.79 Å². The maximum atomic E-state index is 12.8. The Labute approximate surface area is 191 Å². The third-order valence-electron chi connectivity index (χ3n) is 6.79. The van der Waals surface area contributed by atoms with Crippen molar-refractivity contribution in [2.75, 3.05) is 49.6 Å². The van der Waals surface area contributed by atoms with E-state index in [1.165, 1.54) is 42.0 Å². The maximum absolute atomic E-state index is 12.8. The third-order valence-corrected chi connectivity index (χ3v) is 7.73. The zero-order valence-corrected chi connectivity index (χ0v) is 19.6. The molecule has 1 unspecified atom stereocenters. The van der Waals surface area contributed by atoms with Crippen molar-refractivity contribution in [1.82, 2.24) is 15.5 Å². The van der Waals surface area contributed by atoms with Crippen LogP contribution in [0.1, 0.15) is 44.1 Å². The van der Waals surface area contributed by atoms with E-state index < -0.39 is 0 Å². The van der Waals surface area contributed by atoms with Crippen molar-refractivity contribution < 1.29 is 4.79 Å². The first-order valence-electron chi connectivity index (χ1n) is 11.9. The van der Waals surface area contributed by atoms with Crippen LogP contribution in [0.4, 0.5) is 5.69 Å². The molecular weight excluding hydrogens is 406 g/mol. The number of nitrogens with zero attached hydrogens (tertiary/aromatic N) is 3. The van der Waals surface area contributed by atoms with Crippen LogP contribution in [-0.4, -0.2) is 67.5 Å². The van der Waals surface area contributed by atoms with Crippen molar-refractivity contribution in [3.63, 3.8) is 0 Å². The van der Waals surface area contributed by atoms with Crippen molar-refractivity contribution >= 4 is 29.3 Å². The van der Waals surface area contributed by atoms with E-state index in [-0.39, 0.29) is 12.0 Å². The van der Waals surface area contributed by atoms with Crippen LogP contribution in [0.15, 0.2) is 29.3 Å². The summed E-state index contributed by atoms with van der Waals surface area (Å²) in [6.07, 6.45) is 6.84. The zero-order valence-electron chi connectivity index (χ0n) is 18.8. The minimum absolute atomic E-state index is 0.261. The van der Waals surface area contributed by atoms with E-state index in [0.29, 0.717) is 5.91 Å². The Bertz CT molecular complexity index is 741. The van der Waals surface area contributed by atoms with Crippen molar-refractivity contribution in [2.45, 2.75) is 51.1 Å². The molecule has 1 aliphatic carbocycles. The standard InChI is InChI=1S/C24H37N5OS/c1-25-24(26-17-19-7-9-22(10-8-19)28-13-15-31-16-14-28)27-21-11-12-29(18-21)23(30)20-5-3-2-4-6-20/h7-10,20-21H,2-6,11-18H2,1H3,(H2,25,26,27). The Morgan fingerprint density at radius 1 is 1.06 bits per heavy atom. The smallest absolute Gasteiger partial charge is 0.225 e. The van der Waals surface area contributed by atoms with Gasteiger partial charge in [-0.15, -0.1) is 0 Å². The summed E-state index contributed by atoms with van der Waals surface area (Å²) in [7, 11) is 1.81. The summed E-state index contributed by atoms with van der Waals surface area (Å²) in [5.41, 5.74) is 2.57.